The van der Waals surface area contributed by atoms with Crippen molar-refractivity contribution < 1.29 is 0 Å². The van der Waals surface area contributed by atoms with E-state index < -0.39 is 0 Å². The van der Waals surface area contributed by atoms with Crippen LogP contribution in [0.5, 0.6) is 0 Å². The van der Waals surface area contributed by atoms with Crippen LogP contribution in [0.3, 0.4) is 0 Å². The van der Waals surface area contributed by atoms with Crippen molar-refractivity contribution in [1.82, 2.24) is 0 Å². The van der Waals surface area contributed by atoms with Crippen molar-refractivity contribution in [3.05, 3.63) is 35.5 Å². The quantitative estimate of drug-likeness (QED) is 0.459. The van der Waals surface area contributed by atoms with Crippen molar-refractivity contribution in [1.29, 1.82) is 0 Å². The van der Waals surface area contributed by atoms with Crippen LogP contribution in [0.1, 0.15) is 91.9 Å². The van der Waals surface area contributed by atoms with Crippen molar-refractivity contribution in [3.8, 4) is 0 Å². The Kier molecular flexibility index (Phi) is 7.96. The first kappa shape index (κ1) is 22.2. The van der Waals surface area contributed by atoms with Gasteiger partial charge in [0.1, 0.15) is 0 Å². The minimum absolute atomic E-state index is 0.473. The fourth-order valence-electron chi connectivity index (χ4n) is 6.31. The van der Waals surface area contributed by atoms with E-state index in [1.165, 1.54) is 57.8 Å². The molecule has 0 saturated heterocycles. The minimum Gasteiger partial charge on any atom is -0.278 e. The molecule has 158 valence electrons. The first-order chi connectivity index (χ1) is 13.4. The molecule has 2 N–H and O–H groups in total. The number of rotatable bonds is 6. The molecule has 0 bridgehead atoms. The fourth-order valence-corrected chi connectivity index (χ4v) is 6.84. The molecule has 0 aromatic heterocycles. The van der Waals surface area contributed by atoms with E-state index in [0.717, 1.165) is 30.1 Å². The smallest absolute Gasteiger partial charge is 0.0234 e. The average Bonchev–Trinajstić information content (AvgIpc) is 2.99. The summed E-state index contributed by atoms with van der Waals surface area (Å²) in [5, 5.41) is 6.49. The number of nitrogens with two attached hydrogens (primary N) is 1. The molecule has 3 aliphatic carbocycles. The molecule has 0 aromatic rings. The molecule has 0 radical (unpaired) electrons. The van der Waals surface area contributed by atoms with Crippen LogP contribution in [0.4, 0.5) is 0 Å². The monoisotopic (exact) mass is 401 g/mol. The van der Waals surface area contributed by atoms with Gasteiger partial charge in [-0.1, -0.05) is 83.2 Å². The Morgan fingerprint density at radius 1 is 1.14 bits per heavy atom. The number of hydrogen-bond donors (Lipinski definition) is 1. The summed E-state index contributed by atoms with van der Waals surface area (Å²) in [4.78, 5) is 0. The Labute approximate surface area is 178 Å². The number of allylic oxidation sites excluding steroid dienone is 6. The first-order valence-electron chi connectivity index (χ1n) is 11.9. The minimum atomic E-state index is 0.473. The van der Waals surface area contributed by atoms with Gasteiger partial charge in [-0.05, 0) is 85.2 Å². The summed E-state index contributed by atoms with van der Waals surface area (Å²) in [6.07, 6.45) is 23.2. The lowest BCUT2D eigenvalue weighted by molar-refractivity contribution is 0.117. The molecule has 5 unspecified atom stereocenters. The first-order valence-corrected chi connectivity index (χ1v) is 12.8. The second-order valence-corrected chi connectivity index (χ2v) is 11.4. The normalized spacial score (nSPS) is 39.3. The largest absolute Gasteiger partial charge is 0.278 e. The predicted molar refractivity (Wildman–Crippen MR) is 126 cm³/mol. The molecule has 0 aromatic carbocycles. The molecule has 3 aliphatic rings. The Balaban J connectivity index is 1.72. The molecule has 0 heterocycles. The highest BCUT2D eigenvalue weighted by Crippen LogP contribution is 2.55. The third-order valence-corrected chi connectivity index (χ3v) is 8.90. The molecular formula is C26H43NS. The summed E-state index contributed by atoms with van der Waals surface area (Å²) in [6, 6.07) is 0. The highest BCUT2D eigenvalue weighted by atomic mass is 32.2. The molecule has 2 heteroatoms. The van der Waals surface area contributed by atoms with E-state index in [1.807, 2.05) is 0 Å². The SMILES string of the molecule is CC(C)CCCC(C)C1CCC2/C=C/C=C3/CC(SN)CC/C3=C\CCC21C. The standard InChI is InChI=1S/C26H43NS/c1-19(2)8-5-9-20(3)25-16-14-23-12-6-10-22-18-24(28-27)15-13-21(22)11-7-17-26(23,25)4/h6,10-12,19-20,23-25H,5,7-9,13-18,27H2,1-4H3/b12-6+,21-11+,22-10-. The molecular weight excluding hydrogens is 358 g/mol. The number of fused-ring (bicyclic) bond motifs is 2. The lowest BCUT2D eigenvalue weighted by Crippen LogP contribution is -2.32. The molecule has 28 heavy (non-hydrogen) atoms. The van der Waals surface area contributed by atoms with Crippen molar-refractivity contribution in [2.24, 2.45) is 34.2 Å². The van der Waals surface area contributed by atoms with E-state index in [9.17, 15) is 0 Å². The second-order valence-electron chi connectivity index (χ2n) is 10.4. The summed E-state index contributed by atoms with van der Waals surface area (Å²) in [7, 11) is 0. The Morgan fingerprint density at radius 2 is 1.96 bits per heavy atom. The maximum absolute atomic E-state index is 5.88. The highest BCUT2D eigenvalue weighted by molar-refractivity contribution is 7.97. The molecule has 2 saturated carbocycles. The fraction of sp³-hybridized carbons (Fsp3) is 0.769. The van der Waals surface area contributed by atoms with Crippen LogP contribution >= 0.6 is 11.9 Å². The zero-order chi connectivity index (χ0) is 20.1. The van der Waals surface area contributed by atoms with Crippen LogP contribution in [-0.4, -0.2) is 5.25 Å². The summed E-state index contributed by atoms with van der Waals surface area (Å²) >= 11 is 1.56. The Bertz CT molecular complexity index is 602. The van der Waals surface area contributed by atoms with Gasteiger partial charge in [0.15, 0.2) is 0 Å². The van der Waals surface area contributed by atoms with E-state index in [-0.39, 0.29) is 0 Å². The topological polar surface area (TPSA) is 26.0 Å². The Morgan fingerprint density at radius 3 is 2.71 bits per heavy atom. The van der Waals surface area contributed by atoms with Crippen LogP contribution in [0.2, 0.25) is 0 Å². The van der Waals surface area contributed by atoms with Gasteiger partial charge in [0.2, 0.25) is 0 Å². The summed E-state index contributed by atoms with van der Waals surface area (Å²) < 4.78 is 0. The van der Waals surface area contributed by atoms with E-state index >= 15 is 0 Å². The zero-order valence-electron chi connectivity index (χ0n) is 18.8. The van der Waals surface area contributed by atoms with Gasteiger partial charge in [0, 0.05) is 5.25 Å². The van der Waals surface area contributed by atoms with Crippen LogP contribution in [-0.2, 0) is 0 Å². The lowest BCUT2D eigenvalue weighted by Gasteiger charge is -2.40. The van der Waals surface area contributed by atoms with Gasteiger partial charge in [-0.15, -0.1) is 0 Å². The Hall–Kier alpha value is -0.470. The van der Waals surface area contributed by atoms with Gasteiger partial charge >= 0.3 is 0 Å². The molecule has 3 rings (SSSR count). The average molecular weight is 402 g/mol. The van der Waals surface area contributed by atoms with Crippen molar-refractivity contribution in [2.45, 2.75) is 97.2 Å². The molecule has 1 nitrogen and oxygen atoms in total. The van der Waals surface area contributed by atoms with E-state index in [0.29, 0.717) is 10.7 Å². The second kappa shape index (κ2) is 10.0. The predicted octanol–water partition coefficient (Wildman–Crippen LogP) is 7.84. The molecule has 5 atom stereocenters. The van der Waals surface area contributed by atoms with Crippen LogP contribution in [0, 0.1) is 29.1 Å². The van der Waals surface area contributed by atoms with E-state index in [2.05, 4.69) is 52.0 Å². The lowest BCUT2D eigenvalue weighted by atomic mass is 9.65. The van der Waals surface area contributed by atoms with Gasteiger partial charge in [-0.2, -0.15) is 0 Å². The summed E-state index contributed by atoms with van der Waals surface area (Å²) in [5.74, 6) is 3.34. The third kappa shape index (κ3) is 5.17. The van der Waals surface area contributed by atoms with Gasteiger partial charge in [0.25, 0.3) is 0 Å². The highest BCUT2D eigenvalue weighted by Gasteiger charge is 2.46. The van der Waals surface area contributed by atoms with Crippen LogP contribution < -0.4 is 5.14 Å². The van der Waals surface area contributed by atoms with Gasteiger partial charge < -0.3 is 0 Å². The molecule has 0 aliphatic heterocycles. The third-order valence-electron chi connectivity index (χ3n) is 8.11. The van der Waals surface area contributed by atoms with Crippen LogP contribution in [0.25, 0.3) is 0 Å². The summed E-state index contributed by atoms with van der Waals surface area (Å²) in [5.41, 5.74) is 3.63. The zero-order valence-corrected chi connectivity index (χ0v) is 19.6. The van der Waals surface area contributed by atoms with Gasteiger partial charge in [-0.25, -0.2) is 0 Å². The van der Waals surface area contributed by atoms with Gasteiger partial charge in [0.05, 0.1) is 0 Å². The number of hydrogen-bond acceptors (Lipinski definition) is 2. The van der Waals surface area contributed by atoms with Crippen molar-refractivity contribution in [2.75, 3.05) is 0 Å². The van der Waals surface area contributed by atoms with E-state index in [1.54, 1.807) is 23.1 Å². The van der Waals surface area contributed by atoms with Crippen LogP contribution in [0.15, 0.2) is 35.5 Å². The van der Waals surface area contributed by atoms with Crippen molar-refractivity contribution >= 4 is 11.9 Å². The van der Waals surface area contributed by atoms with E-state index in [4.69, 9.17) is 5.14 Å². The maximum Gasteiger partial charge on any atom is 0.0234 e. The maximum atomic E-state index is 5.88. The van der Waals surface area contributed by atoms with Gasteiger partial charge in [-0.3, -0.25) is 5.14 Å². The van der Waals surface area contributed by atoms with Crippen molar-refractivity contribution in [3.63, 3.8) is 0 Å². The molecule has 0 amide bonds. The molecule has 0 spiro atoms. The summed E-state index contributed by atoms with van der Waals surface area (Å²) in [6.45, 7) is 9.88. The molecule has 2 fully saturated rings.